The maximum absolute atomic E-state index is 13.6. The van der Waals surface area contributed by atoms with E-state index < -0.39 is 27.4 Å². The van der Waals surface area contributed by atoms with Crippen molar-refractivity contribution in [3.63, 3.8) is 0 Å². The Labute approximate surface area is 137 Å². The summed E-state index contributed by atoms with van der Waals surface area (Å²) in [5.74, 6) is -1.94. The van der Waals surface area contributed by atoms with Gasteiger partial charge in [0.25, 0.3) is 5.56 Å². The molecule has 9 heteroatoms. The van der Waals surface area contributed by atoms with Gasteiger partial charge in [0.05, 0.1) is 24.3 Å². The van der Waals surface area contributed by atoms with Gasteiger partial charge in [0, 0.05) is 17.7 Å². The Morgan fingerprint density at radius 3 is 2.67 bits per heavy atom. The number of aromatic nitrogens is 2. The Kier molecular flexibility index (Phi) is 4.46. The quantitative estimate of drug-likeness (QED) is 0.886. The highest BCUT2D eigenvalue weighted by molar-refractivity contribution is 7.89. The first-order valence-electron chi connectivity index (χ1n) is 7.34. The van der Waals surface area contributed by atoms with Crippen LogP contribution in [0.4, 0.5) is 8.78 Å². The molecule has 6 nitrogen and oxygen atoms in total. The summed E-state index contributed by atoms with van der Waals surface area (Å²) in [4.78, 5) is 18.1. The molecule has 0 atom stereocenters. The maximum Gasteiger partial charge on any atom is 0.254 e. The SMILES string of the molecule is O=c1[nH]cnc2c1CCN(S(=O)(=O)CCc1c(F)cccc1F)C2. The van der Waals surface area contributed by atoms with Crippen molar-refractivity contribution >= 4 is 10.0 Å². The summed E-state index contributed by atoms with van der Waals surface area (Å²) in [5.41, 5.74) is 0.369. The lowest BCUT2D eigenvalue weighted by molar-refractivity contribution is 0.383. The van der Waals surface area contributed by atoms with Crippen LogP contribution in [0.3, 0.4) is 0 Å². The van der Waals surface area contributed by atoms with E-state index in [9.17, 15) is 22.0 Å². The van der Waals surface area contributed by atoms with Crippen LogP contribution in [0, 0.1) is 11.6 Å². The fraction of sp³-hybridized carbons (Fsp3) is 0.333. The van der Waals surface area contributed by atoms with E-state index in [0.717, 1.165) is 12.1 Å². The predicted molar refractivity (Wildman–Crippen MR) is 82.8 cm³/mol. The van der Waals surface area contributed by atoms with E-state index in [0.29, 0.717) is 11.3 Å². The molecule has 0 radical (unpaired) electrons. The monoisotopic (exact) mass is 355 g/mol. The van der Waals surface area contributed by atoms with Gasteiger partial charge < -0.3 is 4.98 Å². The first-order valence-corrected chi connectivity index (χ1v) is 8.95. The Balaban J connectivity index is 1.76. The van der Waals surface area contributed by atoms with Crippen LogP contribution in [0.2, 0.25) is 0 Å². The molecule has 1 aliphatic heterocycles. The first kappa shape index (κ1) is 16.7. The topological polar surface area (TPSA) is 83.1 Å². The second-order valence-electron chi connectivity index (χ2n) is 5.51. The molecule has 24 heavy (non-hydrogen) atoms. The zero-order chi connectivity index (χ0) is 17.3. The largest absolute Gasteiger partial charge is 0.313 e. The third kappa shape index (κ3) is 3.22. The van der Waals surface area contributed by atoms with Crippen LogP contribution in [0.15, 0.2) is 29.3 Å². The van der Waals surface area contributed by atoms with Crippen molar-refractivity contribution < 1.29 is 17.2 Å². The van der Waals surface area contributed by atoms with E-state index in [2.05, 4.69) is 9.97 Å². The zero-order valence-electron chi connectivity index (χ0n) is 12.6. The van der Waals surface area contributed by atoms with Crippen LogP contribution in [-0.2, 0) is 29.4 Å². The van der Waals surface area contributed by atoms with Gasteiger partial charge in [0.1, 0.15) is 11.6 Å². The minimum absolute atomic E-state index is 0.0126. The molecule has 0 spiro atoms. The summed E-state index contributed by atoms with van der Waals surface area (Å²) in [6.07, 6.45) is 1.23. The number of fused-ring (bicyclic) bond motifs is 1. The smallest absolute Gasteiger partial charge is 0.254 e. The highest BCUT2D eigenvalue weighted by Gasteiger charge is 2.29. The molecule has 0 unspecified atom stereocenters. The molecule has 0 saturated carbocycles. The summed E-state index contributed by atoms with van der Waals surface area (Å²) < 4.78 is 53.3. The second kappa shape index (κ2) is 6.40. The van der Waals surface area contributed by atoms with Crippen LogP contribution in [0.5, 0.6) is 0 Å². The van der Waals surface area contributed by atoms with Crippen molar-refractivity contribution in [2.45, 2.75) is 19.4 Å². The molecule has 0 saturated heterocycles. The summed E-state index contributed by atoms with van der Waals surface area (Å²) in [5, 5.41) is 0. The van der Waals surface area contributed by atoms with Crippen LogP contribution in [0.1, 0.15) is 16.8 Å². The molecule has 1 N–H and O–H groups in total. The zero-order valence-corrected chi connectivity index (χ0v) is 13.4. The molecular weight excluding hydrogens is 340 g/mol. The number of benzene rings is 1. The summed E-state index contributed by atoms with van der Waals surface area (Å²) in [6, 6.07) is 3.42. The Morgan fingerprint density at radius 1 is 1.25 bits per heavy atom. The van der Waals surface area contributed by atoms with Crippen LogP contribution in [-0.4, -0.2) is 35.0 Å². The second-order valence-corrected chi connectivity index (χ2v) is 7.60. The highest BCUT2D eigenvalue weighted by atomic mass is 32.2. The molecule has 3 rings (SSSR count). The van der Waals surface area contributed by atoms with Gasteiger partial charge in [-0.1, -0.05) is 6.07 Å². The van der Waals surface area contributed by atoms with E-state index in [1.807, 2.05) is 0 Å². The van der Waals surface area contributed by atoms with Crippen molar-refractivity contribution in [2.24, 2.45) is 0 Å². The average molecular weight is 355 g/mol. The standard InChI is InChI=1S/C15H15F2N3O3S/c16-12-2-1-3-13(17)10(12)5-7-24(22,23)20-6-4-11-14(8-20)18-9-19-15(11)21/h1-3,9H,4-8H2,(H,18,19,21). The summed E-state index contributed by atoms with van der Waals surface area (Å²) in [7, 11) is -3.72. The van der Waals surface area contributed by atoms with E-state index in [-0.39, 0.29) is 37.1 Å². The fourth-order valence-corrected chi connectivity index (χ4v) is 4.12. The molecule has 1 aliphatic rings. The lowest BCUT2D eigenvalue weighted by Gasteiger charge is -2.26. The number of H-pyrrole nitrogens is 1. The van der Waals surface area contributed by atoms with Crippen molar-refractivity contribution in [1.82, 2.24) is 14.3 Å². The lowest BCUT2D eigenvalue weighted by atomic mass is 10.1. The predicted octanol–water partition coefficient (Wildman–Crippen LogP) is 0.979. The molecule has 1 aromatic carbocycles. The fourth-order valence-electron chi connectivity index (χ4n) is 2.71. The minimum atomic E-state index is -3.72. The highest BCUT2D eigenvalue weighted by Crippen LogP contribution is 2.19. The number of nitrogens with zero attached hydrogens (tertiary/aromatic N) is 2. The van der Waals surface area contributed by atoms with Crippen molar-refractivity contribution in [3.05, 3.63) is 63.3 Å². The van der Waals surface area contributed by atoms with Crippen LogP contribution < -0.4 is 5.56 Å². The van der Waals surface area contributed by atoms with Gasteiger partial charge >= 0.3 is 0 Å². The third-order valence-electron chi connectivity index (χ3n) is 4.04. The third-order valence-corrected chi connectivity index (χ3v) is 5.86. The molecule has 128 valence electrons. The number of rotatable bonds is 4. The van der Waals surface area contributed by atoms with Crippen LogP contribution in [0.25, 0.3) is 0 Å². The van der Waals surface area contributed by atoms with Gasteiger partial charge in [-0.15, -0.1) is 0 Å². The van der Waals surface area contributed by atoms with Gasteiger partial charge in [-0.25, -0.2) is 22.2 Å². The van der Waals surface area contributed by atoms with Gasteiger partial charge in [0.15, 0.2) is 0 Å². The van der Waals surface area contributed by atoms with Gasteiger partial charge in [-0.2, -0.15) is 4.31 Å². The summed E-state index contributed by atoms with van der Waals surface area (Å²) >= 11 is 0. The molecular formula is C15H15F2N3O3S. The number of aromatic amines is 1. The lowest BCUT2D eigenvalue weighted by Crippen LogP contribution is -2.40. The summed E-state index contributed by atoms with van der Waals surface area (Å²) in [6.45, 7) is 0.130. The molecule has 1 aromatic heterocycles. The number of halogens is 2. The molecule has 0 amide bonds. The molecule has 0 aliphatic carbocycles. The molecule has 0 fully saturated rings. The molecule has 0 bridgehead atoms. The number of nitrogens with one attached hydrogen (secondary N) is 1. The van der Waals surface area contributed by atoms with Gasteiger partial charge in [-0.05, 0) is 25.0 Å². The Bertz CT molecular complexity index is 908. The maximum atomic E-state index is 13.6. The van der Waals surface area contributed by atoms with Crippen molar-refractivity contribution in [2.75, 3.05) is 12.3 Å². The number of hydrogen-bond acceptors (Lipinski definition) is 4. The van der Waals surface area contributed by atoms with E-state index in [1.165, 1.54) is 16.7 Å². The number of hydrogen-bond donors (Lipinski definition) is 1. The first-order chi connectivity index (χ1) is 11.4. The van der Waals surface area contributed by atoms with E-state index in [1.54, 1.807) is 0 Å². The van der Waals surface area contributed by atoms with Gasteiger partial charge in [0.2, 0.25) is 10.0 Å². The Hall–Kier alpha value is -2.13. The van der Waals surface area contributed by atoms with Crippen molar-refractivity contribution in [1.29, 1.82) is 0 Å². The normalized spacial score (nSPS) is 15.2. The Morgan fingerprint density at radius 2 is 1.96 bits per heavy atom. The average Bonchev–Trinajstić information content (AvgIpc) is 2.54. The van der Waals surface area contributed by atoms with Crippen molar-refractivity contribution in [3.8, 4) is 0 Å². The van der Waals surface area contributed by atoms with Crippen LogP contribution >= 0.6 is 0 Å². The minimum Gasteiger partial charge on any atom is -0.313 e. The molecule has 2 heterocycles. The van der Waals surface area contributed by atoms with E-state index in [4.69, 9.17) is 0 Å². The molecule has 2 aromatic rings. The van der Waals surface area contributed by atoms with E-state index >= 15 is 0 Å². The number of sulfonamides is 1. The van der Waals surface area contributed by atoms with Gasteiger partial charge in [-0.3, -0.25) is 4.79 Å².